The minimum absolute atomic E-state index is 0.217. The summed E-state index contributed by atoms with van der Waals surface area (Å²) < 4.78 is 0. The van der Waals surface area contributed by atoms with Gasteiger partial charge < -0.3 is 10.4 Å². The van der Waals surface area contributed by atoms with E-state index in [2.05, 4.69) is 29.1 Å². The van der Waals surface area contributed by atoms with E-state index >= 15 is 0 Å². The van der Waals surface area contributed by atoms with Gasteiger partial charge in [0.2, 0.25) is 0 Å². The molecule has 3 rings (SSSR count). The number of carboxylic acids is 1. The lowest BCUT2D eigenvalue weighted by Gasteiger charge is -2.12. The minimum atomic E-state index is -0.939. The van der Waals surface area contributed by atoms with Gasteiger partial charge in [-0.25, -0.2) is 14.8 Å². The van der Waals surface area contributed by atoms with Gasteiger partial charge in [-0.3, -0.25) is 0 Å². The Hall–Kier alpha value is -2.95. The molecular weight excluding hydrogens is 290 g/mol. The van der Waals surface area contributed by atoms with Crippen molar-refractivity contribution in [3.05, 3.63) is 59.9 Å². The van der Waals surface area contributed by atoms with Crippen LogP contribution in [-0.2, 0) is 0 Å². The second-order valence-electron chi connectivity index (χ2n) is 5.61. The number of aromatic carboxylic acids is 1. The summed E-state index contributed by atoms with van der Waals surface area (Å²) in [6.45, 7) is 4.10. The summed E-state index contributed by atoms with van der Waals surface area (Å²) in [6.07, 6.45) is 0. The van der Waals surface area contributed by atoms with Crippen LogP contribution in [0.2, 0.25) is 0 Å². The third-order valence-corrected chi connectivity index (χ3v) is 3.53. The van der Waals surface area contributed by atoms with E-state index in [4.69, 9.17) is 5.11 Å². The van der Waals surface area contributed by atoms with Crippen LogP contribution in [-0.4, -0.2) is 21.0 Å². The van der Waals surface area contributed by atoms with Crippen LogP contribution in [0, 0.1) is 0 Å². The molecule has 0 fully saturated rings. The zero-order valence-electron chi connectivity index (χ0n) is 12.9. The van der Waals surface area contributed by atoms with E-state index in [0.717, 1.165) is 28.2 Å². The summed E-state index contributed by atoms with van der Waals surface area (Å²) in [5.41, 5.74) is 1.93. The summed E-state index contributed by atoms with van der Waals surface area (Å²) in [7, 11) is 0. The zero-order valence-corrected chi connectivity index (χ0v) is 12.9. The fourth-order valence-corrected chi connectivity index (χ4v) is 2.28. The summed E-state index contributed by atoms with van der Waals surface area (Å²) in [4.78, 5) is 20.1. The first-order valence-electron chi connectivity index (χ1n) is 7.41. The van der Waals surface area contributed by atoms with Gasteiger partial charge >= 0.3 is 5.97 Å². The Bertz CT molecular complexity index is 858. The molecule has 1 aromatic heterocycles. The smallest absolute Gasteiger partial charge is 0.335 e. The molecule has 0 atom stereocenters. The lowest BCUT2D eigenvalue weighted by molar-refractivity contribution is 0.0697. The first-order chi connectivity index (χ1) is 11.0. The highest BCUT2D eigenvalue weighted by molar-refractivity contribution is 5.91. The molecule has 23 heavy (non-hydrogen) atoms. The number of rotatable bonds is 4. The van der Waals surface area contributed by atoms with Crippen LogP contribution >= 0.6 is 0 Å². The number of benzene rings is 2. The number of hydrogen-bond acceptors (Lipinski definition) is 4. The number of para-hydroxylation sites is 1. The number of anilines is 2. The topological polar surface area (TPSA) is 75.1 Å². The van der Waals surface area contributed by atoms with E-state index in [0.29, 0.717) is 0 Å². The van der Waals surface area contributed by atoms with Gasteiger partial charge in [0.25, 0.3) is 0 Å². The van der Waals surface area contributed by atoms with Gasteiger partial charge in [0, 0.05) is 17.0 Å². The Labute approximate surface area is 134 Å². The van der Waals surface area contributed by atoms with Crippen molar-refractivity contribution in [2.75, 3.05) is 5.32 Å². The van der Waals surface area contributed by atoms with Gasteiger partial charge in [-0.05, 0) is 36.4 Å². The Morgan fingerprint density at radius 3 is 2.39 bits per heavy atom. The van der Waals surface area contributed by atoms with Crippen LogP contribution in [0.1, 0.15) is 35.9 Å². The lowest BCUT2D eigenvalue weighted by atomic mass is 10.1. The molecule has 0 saturated carbocycles. The first kappa shape index (κ1) is 15.0. The van der Waals surface area contributed by atoms with Gasteiger partial charge in [0.05, 0.1) is 11.1 Å². The Balaban J connectivity index is 2.02. The molecule has 2 N–H and O–H groups in total. The van der Waals surface area contributed by atoms with E-state index in [-0.39, 0.29) is 11.5 Å². The molecule has 3 aromatic rings. The summed E-state index contributed by atoms with van der Waals surface area (Å²) in [5, 5.41) is 13.2. The van der Waals surface area contributed by atoms with E-state index in [1.54, 1.807) is 24.3 Å². The van der Waals surface area contributed by atoms with Gasteiger partial charge in [0.1, 0.15) is 11.6 Å². The number of fused-ring (bicyclic) bond motifs is 1. The molecular formula is C18H17N3O2. The van der Waals surface area contributed by atoms with Gasteiger partial charge in [-0.2, -0.15) is 0 Å². The zero-order chi connectivity index (χ0) is 16.4. The SMILES string of the molecule is CC(C)c1nc(Nc2ccc(C(=O)O)cc2)c2ccccc2n1. The predicted octanol–water partition coefficient (Wildman–Crippen LogP) is 4.20. The molecule has 2 aromatic carbocycles. The predicted molar refractivity (Wildman–Crippen MR) is 90.3 cm³/mol. The average Bonchev–Trinajstić information content (AvgIpc) is 2.55. The van der Waals surface area contributed by atoms with Crippen molar-refractivity contribution in [1.29, 1.82) is 0 Å². The standard InChI is InChI=1S/C18H17N3O2/c1-11(2)16-20-15-6-4-3-5-14(15)17(21-16)19-13-9-7-12(8-10-13)18(22)23/h3-11H,1-2H3,(H,22,23)(H,19,20,21). The number of carbonyl (C=O) groups is 1. The molecule has 5 nitrogen and oxygen atoms in total. The molecule has 0 unspecified atom stereocenters. The molecule has 1 heterocycles. The highest BCUT2D eigenvalue weighted by atomic mass is 16.4. The van der Waals surface area contributed by atoms with E-state index in [1.807, 2.05) is 24.3 Å². The van der Waals surface area contributed by atoms with Gasteiger partial charge in [-0.1, -0.05) is 26.0 Å². The first-order valence-corrected chi connectivity index (χ1v) is 7.41. The number of carboxylic acid groups (broad SMARTS) is 1. The number of nitrogens with one attached hydrogen (secondary N) is 1. The molecule has 0 aliphatic carbocycles. The van der Waals surface area contributed by atoms with Crippen molar-refractivity contribution in [3.8, 4) is 0 Å². The molecule has 0 radical (unpaired) electrons. The van der Waals surface area contributed by atoms with Crippen LogP contribution in [0.4, 0.5) is 11.5 Å². The maximum absolute atomic E-state index is 10.9. The van der Waals surface area contributed by atoms with Crippen molar-refractivity contribution in [2.45, 2.75) is 19.8 Å². The molecule has 0 aliphatic heterocycles. The van der Waals surface area contributed by atoms with Crippen molar-refractivity contribution in [3.63, 3.8) is 0 Å². The number of aromatic nitrogens is 2. The van der Waals surface area contributed by atoms with Crippen molar-refractivity contribution >= 4 is 28.4 Å². The van der Waals surface area contributed by atoms with Gasteiger partial charge in [0.15, 0.2) is 0 Å². The van der Waals surface area contributed by atoms with E-state index in [1.165, 1.54) is 0 Å². The lowest BCUT2D eigenvalue weighted by Crippen LogP contribution is -2.03. The maximum atomic E-state index is 10.9. The Morgan fingerprint density at radius 1 is 1.04 bits per heavy atom. The Morgan fingerprint density at radius 2 is 1.74 bits per heavy atom. The quantitative estimate of drug-likeness (QED) is 0.755. The van der Waals surface area contributed by atoms with Crippen LogP contribution < -0.4 is 5.32 Å². The summed E-state index contributed by atoms with van der Waals surface area (Å²) >= 11 is 0. The van der Waals surface area contributed by atoms with Crippen molar-refractivity contribution in [1.82, 2.24) is 9.97 Å². The second-order valence-corrected chi connectivity index (χ2v) is 5.61. The largest absolute Gasteiger partial charge is 0.478 e. The molecule has 0 bridgehead atoms. The van der Waals surface area contributed by atoms with Crippen LogP contribution in [0.3, 0.4) is 0 Å². The summed E-state index contributed by atoms with van der Waals surface area (Å²) in [5.74, 6) is 0.774. The van der Waals surface area contributed by atoms with Crippen LogP contribution in [0.15, 0.2) is 48.5 Å². The Kier molecular flexibility index (Phi) is 3.93. The van der Waals surface area contributed by atoms with Crippen LogP contribution in [0.5, 0.6) is 0 Å². The van der Waals surface area contributed by atoms with E-state index in [9.17, 15) is 4.79 Å². The highest BCUT2D eigenvalue weighted by Gasteiger charge is 2.10. The molecule has 0 saturated heterocycles. The fraction of sp³-hybridized carbons (Fsp3) is 0.167. The monoisotopic (exact) mass is 307 g/mol. The molecule has 5 heteroatoms. The number of hydrogen-bond donors (Lipinski definition) is 2. The number of nitrogens with zero attached hydrogens (tertiary/aromatic N) is 2. The van der Waals surface area contributed by atoms with Crippen molar-refractivity contribution in [2.24, 2.45) is 0 Å². The molecule has 0 spiro atoms. The fourth-order valence-electron chi connectivity index (χ4n) is 2.28. The molecule has 0 aliphatic rings. The maximum Gasteiger partial charge on any atom is 0.335 e. The normalized spacial score (nSPS) is 10.9. The third-order valence-electron chi connectivity index (χ3n) is 3.53. The third kappa shape index (κ3) is 3.13. The minimum Gasteiger partial charge on any atom is -0.478 e. The average molecular weight is 307 g/mol. The summed E-state index contributed by atoms with van der Waals surface area (Å²) in [6, 6.07) is 14.4. The van der Waals surface area contributed by atoms with E-state index < -0.39 is 5.97 Å². The highest BCUT2D eigenvalue weighted by Crippen LogP contribution is 2.26. The molecule has 0 amide bonds. The van der Waals surface area contributed by atoms with Crippen molar-refractivity contribution < 1.29 is 9.90 Å². The second kappa shape index (κ2) is 6.04. The van der Waals surface area contributed by atoms with Gasteiger partial charge in [-0.15, -0.1) is 0 Å². The molecule has 116 valence electrons. The van der Waals surface area contributed by atoms with Crippen LogP contribution in [0.25, 0.3) is 10.9 Å².